The molecule has 1 spiro atoms. The number of carbonyl (C=O) groups excluding carboxylic acids is 1. The SMILES string of the molecule is COc1ccc(CC(=O)NC2CCC23CCOCC3)cc1. The number of nitrogens with one attached hydrogen (secondary N) is 1. The molecule has 4 heteroatoms. The third kappa shape index (κ3) is 3.05. The number of hydrogen-bond acceptors (Lipinski definition) is 3. The smallest absolute Gasteiger partial charge is 0.224 e. The molecular weight excluding hydrogens is 266 g/mol. The molecule has 21 heavy (non-hydrogen) atoms. The van der Waals surface area contributed by atoms with E-state index in [9.17, 15) is 4.79 Å². The first kappa shape index (κ1) is 14.4. The number of hydrogen-bond donors (Lipinski definition) is 1. The Bertz CT molecular complexity index is 491. The van der Waals surface area contributed by atoms with Crippen LogP contribution in [0.2, 0.25) is 0 Å². The molecule has 4 nitrogen and oxygen atoms in total. The zero-order valence-electron chi connectivity index (χ0n) is 12.6. The van der Waals surface area contributed by atoms with E-state index in [1.54, 1.807) is 7.11 Å². The van der Waals surface area contributed by atoms with Gasteiger partial charge in [-0.15, -0.1) is 0 Å². The summed E-state index contributed by atoms with van der Waals surface area (Å²) < 4.78 is 10.6. The van der Waals surface area contributed by atoms with E-state index in [-0.39, 0.29) is 5.91 Å². The van der Waals surface area contributed by atoms with Gasteiger partial charge in [0, 0.05) is 19.3 Å². The van der Waals surface area contributed by atoms with Gasteiger partial charge < -0.3 is 14.8 Å². The van der Waals surface area contributed by atoms with Crippen molar-refractivity contribution in [2.24, 2.45) is 5.41 Å². The Morgan fingerprint density at radius 3 is 2.57 bits per heavy atom. The Hall–Kier alpha value is -1.55. The van der Waals surface area contributed by atoms with Gasteiger partial charge in [-0.3, -0.25) is 4.79 Å². The van der Waals surface area contributed by atoms with E-state index in [0.717, 1.165) is 43.8 Å². The normalized spacial score (nSPS) is 23.4. The van der Waals surface area contributed by atoms with Gasteiger partial charge in [-0.1, -0.05) is 12.1 Å². The number of rotatable bonds is 4. The lowest BCUT2D eigenvalue weighted by atomic mass is 9.60. The number of benzene rings is 1. The van der Waals surface area contributed by atoms with Crippen molar-refractivity contribution < 1.29 is 14.3 Å². The van der Waals surface area contributed by atoms with Crippen molar-refractivity contribution in [3.05, 3.63) is 29.8 Å². The highest BCUT2D eigenvalue weighted by Gasteiger charge is 2.47. The summed E-state index contributed by atoms with van der Waals surface area (Å²) in [6.07, 6.45) is 4.94. The summed E-state index contributed by atoms with van der Waals surface area (Å²) in [7, 11) is 1.64. The molecule has 2 aliphatic rings. The second kappa shape index (κ2) is 6.06. The predicted molar refractivity (Wildman–Crippen MR) is 80.3 cm³/mol. The molecule has 2 fully saturated rings. The summed E-state index contributed by atoms with van der Waals surface area (Å²) >= 11 is 0. The highest BCUT2D eigenvalue weighted by Crippen LogP contribution is 2.48. The highest BCUT2D eigenvalue weighted by molar-refractivity contribution is 5.79. The Labute approximate surface area is 125 Å². The monoisotopic (exact) mass is 289 g/mol. The van der Waals surface area contributed by atoms with Crippen LogP contribution in [0.15, 0.2) is 24.3 Å². The number of ether oxygens (including phenoxy) is 2. The average molecular weight is 289 g/mol. The molecular formula is C17H23NO3. The molecule has 1 aliphatic carbocycles. The molecule has 1 amide bonds. The molecule has 3 rings (SSSR count). The molecule has 1 saturated heterocycles. The summed E-state index contributed by atoms with van der Waals surface area (Å²) in [4.78, 5) is 12.2. The van der Waals surface area contributed by atoms with Crippen LogP contribution in [0.3, 0.4) is 0 Å². The van der Waals surface area contributed by atoms with Crippen LogP contribution in [0.25, 0.3) is 0 Å². The molecule has 1 N–H and O–H groups in total. The Kier molecular flexibility index (Phi) is 4.15. The van der Waals surface area contributed by atoms with Crippen molar-refractivity contribution in [2.75, 3.05) is 20.3 Å². The molecule has 1 aromatic rings. The van der Waals surface area contributed by atoms with Gasteiger partial charge in [0.2, 0.25) is 5.91 Å². The lowest BCUT2D eigenvalue weighted by Crippen LogP contribution is -2.57. The largest absolute Gasteiger partial charge is 0.497 e. The van der Waals surface area contributed by atoms with Gasteiger partial charge in [-0.2, -0.15) is 0 Å². The highest BCUT2D eigenvalue weighted by atomic mass is 16.5. The summed E-state index contributed by atoms with van der Waals surface area (Å²) in [5, 5.41) is 3.23. The quantitative estimate of drug-likeness (QED) is 0.925. The third-order valence-corrected chi connectivity index (χ3v) is 5.02. The van der Waals surface area contributed by atoms with E-state index in [4.69, 9.17) is 9.47 Å². The van der Waals surface area contributed by atoms with E-state index >= 15 is 0 Å². The minimum Gasteiger partial charge on any atom is -0.497 e. The Morgan fingerprint density at radius 1 is 1.29 bits per heavy atom. The van der Waals surface area contributed by atoms with Crippen LogP contribution in [0, 0.1) is 5.41 Å². The maximum absolute atomic E-state index is 12.2. The fraction of sp³-hybridized carbons (Fsp3) is 0.588. The first-order valence-electron chi connectivity index (χ1n) is 7.72. The van der Waals surface area contributed by atoms with Crippen LogP contribution in [0.4, 0.5) is 0 Å². The summed E-state index contributed by atoms with van der Waals surface area (Å²) in [6, 6.07) is 8.03. The molecule has 1 heterocycles. The summed E-state index contributed by atoms with van der Waals surface area (Å²) in [6.45, 7) is 1.68. The molecule has 1 aromatic carbocycles. The molecule has 1 aliphatic heterocycles. The molecule has 0 radical (unpaired) electrons. The molecule has 114 valence electrons. The molecule has 1 saturated carbocycles. The first-order valence-corrected chi connectivity index (χ1v) is 7.72. The molecule has 1 atom stereocenters. The first-order chi connectivity index (χ1) is 10.2. The van der Waals surface area contributed by atoms with E-state index in [1.807, 2.05) is 24.3 Å². The summed E-state index contributed by atoms with van der Waals surface area (Å²) in [5.41, 5.74) is 1.34. The second-order valence-electron chi connectivity index (χ2n) is 6.16. The fourth-order valence-corrected chi connectivity index (χ4v) is 3.47. The fourth-order valence-electron chi connectivity index (χ4n) is 3.47. The number of methoxy groups -OCH3 is 1. The van der Waals surface area contributed by atoms with Gasteiger partial charge in [-0.05, 0) is 48.8 Å². The minimum absolute atomic E-state index is 0.121. The van der Waals surface area contributed by atoms with Gasteiger partial charge in [-0.25, -0.2) is 0 Å². The lowest BCUT2D eigenvalue weighted by Gasteiger charge is -2.52. The van der Waals surface area contributed by atoms with Gasteiger partial charge in [0.25, 0.3) is 0 Å². The van der Waals surface area contributed by atoms with Crippen LogP contribution >= 0.6 is 0 Å². The number of amides is 1. The maximum Gasteiger partial charge on any atom is 0.224 e. The van der Waals surface area contributed by atoms with E-state index in [0.29, 0.717) is 17.9 Å². The molecule has 0 aromatic heterocycles. The Balaban J connectivity index is 1.54. The predicted octanol–water partition coefficient (Wildman–Crippen LogP) is 2.31. The zero-order valence-corrected chi connectivity index (χ0v) is 12.6. The van der Waals surface area contributed by atoms with Gasteiger partial charge in [0.1, 0.15) is 5.75 Å². The van der Waals surface area contributed by atoms with Crippen LogP contribution in [0.5, 0.6) is 5.75 Å². The van der Waals surface area contributed by atoms with Crippen LogP contribution < -0.4 is 10.1 Å². The van der Waals surface area contributed by atoms with Gasteiger partial charge in [0.15, 0.2) is 0 Å². The van der Waals surface area contributed by atoms with E-state index < -0.39 is 0 Å². The second-order valence-corrected chi connectivity index (χ2v) is 6.16. The van der Waals surface area contributed by atoms with Crippen molar-refractivity contribution in [3.63, 3.8) is 0 Å². The topological polar surface area (TPSA) is 47.6 Å². The van der Waals surface area contributed by atoms with E-state index in [1.165, 1.54) is 6.42 Å². The minimum atomic E-state index is 0.121. The van der Waals surface area contributed by atoms with Crippen LogP contribution in [-0.4, -0.2) is 32.3 Å². The van der Waals surface area contributed by atoms with Crippen molar-refractivity contribution in [3.8, 4) is 5.75 Å². The van der Waals surface area contributed by atoms with Gasteiger partial charge in [0.05, 0.1) is 13.5 Å². The van der Waals surface area contributed by atoms with Crippen molar-refractivity contribution in [1.29, 1.82) is 0 Å². The van der Waals surface area contributed by atoms with Crippen LogP contribution in [0.1, 0.15) is 31.2 Å². The van der Waals surface area contributed by atoms with Crippen molar-refractivity contribution in [1.82, 2.24) is 5.32 Å². The van der Waals surface area contributed by atoms with Crippen LogP contribution in [-0.2, 0) is 16.0 Å². The third-order valence-electron chi connectivity index (χ3n) is 5.02. The Morgan fingerprint density at radius 2 is 2.00 bits per heavy atom. The molecule has 1 unspecified atom stereocenters. The van der Waals surface area contributed by atoms with Gasteiger partial charge >= 0.3 is 0 Å². The maximum atomic E-state index is 12.2. The van der Waals surface area contributed by atoms with Crippen molar-refractivity contribution in [2.45, 2.75) is 38.1 Å². The molecule has 0 bridgehead atoms. The van der Waals surface area contributed by atoms with E-state index in [2.05, 4.69) is 5.32 Å². The lowest BCUT2D eigenvalue weighted by molar-refractivity contribution is -0.126. The average Bonchev–Trinajstić information content (AvgIpc) is 2.53. The number of carbonyl (C=O) groups is 1. The van der Waals surface area contributed by atoms with Crippen molar-refractivity contribution >= 4 is 5.91 Å². The zero-order chi connectivity index (χ0) is 14.7. The summed E-state index contributed by atoms with van der Waals surface area (Å²) in [5.74, 6) is 0.940. The standard InChI is InChI=1S/C17H23NO3/c1-20-14-4-2-13(3-5-14)12-16(19)18-15-6-7-17(15)8-10-21-11-9-17/h2-5,15H,6-12H2,1H3,(H,18,19).